The van der Waals surface area contributed by atoms with Gasteiger partial charge in [0, 0.05) is 24.7 Å². The van der Waals surface area contributed by atoms with Crippen LogP contribution in [0.1, 0.15) is 12.1 Å². The van der Waals surface area contributed by atoms with Gasteiger partial charge >= 0.3 is 0 Å². The summed E-state index contributed by atoms with van der Waals surface area (Å²) in [5.41, 5.74) is 1.02. The van der Waals surface area contributed by atoms with Gasteiger partial charge in [-0.25, -0.2) is 0 Å². The van der Waals surface area contributed by atoms with Gasteiger partial charge in [-0.2, -0.15) is 0 Å². The van der Waals surface area contributed by atoms with Crippen molar-refractivity contribution in [3.63, 3.8) is 0 Å². The van der Waals surface area contributed by atoms with Crippen LogP contribution in [0.5, 0.6) is 0 Å². The van der Waals surface area contributed by atoms with Gasteiger partial charge in [0.1, 0.15) is 6.29 Å². The van der Waals surface area contributed by atoms with Crippen molar-refractivity contribution in [3.8, 4) is 0 Å². The Hall–Kier alpha value is -1.22. The van der Waals surface area contributed by atoms with E-state index in [-0.39, 0.29) is 0 Å². The van der Waals surface area contributed by atoms with E-state index < -0.39 is 0 Å². The molecule has 0 aromatic carbocycles. The Morgan fingerprint density at radius 2 is 2.31 bits per heavy atom. The molecule has 3 heteroatoms. The minimum atomic E-state index is 0.474. The van der Waals surface area contributed by atoms with Crippen molar-refractivity contribution >= 4 is 6.29 Å². The number of aldehydes is 1. The highest BCUT2D eigenvalue weighted by Gasteiger charge is 1.92. The molecule has 1 aromatic rings. The maximum Gasteiger partial charge on any atom is 0.122 e. The molecule has 0 unspecified atom stereocenters. The predicted molar refractivity (Wildman–Crippen MR) is 49.4 cm³/mol. The van der Waals surface area contributed by atoms with Crippen LogP contribution in [0.3, 0.4) is 0 Å². The third kappa shape index (κ3) is 4.38. The maximum absolute atomic E-state index is 9.95. The number of pyridine rings is 1. The second-order valence-corrected chi connectivity index (χ2v) is 2.64. The Morgan fingerprint density at radius 1 is 1.38 bits per heavy atom. The molecule has 0 radical (unpaired) electrons. The first-order valence-corrected chi connectivity index (χ1v) is 4.35. The van der Waals surface area contributed by atoms with Crippen LogP contribution in [0.25, 0.3) is 0 Å². The Kier molecular flexibility index (Phi) is 4.79. The van der Waals surface area contributed by atoms with E-state index in [0.29, 0.717) is 19.6 Å². The first-order valence-electron chi connectivity index (χ1n) is 4.35. The third-order valence-electron chi connectivity index (χ3n) is 1.61. The molecule has 0 bridgehead atoms. The molecule has 0 atom stereocenters. The van der Waals surface area contributed by atoms with Gasteiger partial charge < -0.3 is 9.53 Å². The average Bonchev–Trinajstić information content (AvgIpc) is 2.19. The van der Waals surface area contributed by atoms with Crippen molar-refractivity contribution in [1.82, 2.24) is 4.98 Å². The quantitative estimate of drug-likeness (QED) is 0.487. The first kappa shape index (κ1) is 9.86. The van der Waals surface area contributed by atoms with E-state index in [2.05, 4.69) is 4.98 Å². The van der Waals surface area contributed by atoms with Crippen LogP contribution in [0, 0.1) is 0 Å². The molecular formula is C10H13NO2. The summed E-state index contributed by atoms with van der Waals surface area (Å²) in [7, 11) is 0. The van der Waals surface area contributed by atoms with Crippen molar-refractivity contribution in [2.24, 2.45) is 0 Å². The highest BCUT2D eigenvalue weighted by atomic mass is 16.5. The molecule has 1 aromatic heterocycles. The van der Waals surface area contributed by atoms with E-state index >= 15 is 0 Å². The van der Waals surface area contributed by atoms with Crippen molar-refractivity contribution in [2.45, 2.75) is 12.8 Å². The molecule has 70 valence electrons. The molecule has 0 aliphatic rings. The molecule has 0 N–H and O–H groups in total. The minimum Gasteiger partial charge on any atom is -0.381 e. The van der Waals surface area contributed by atoms with Crippen molar-refractivity contribution in [3.05, 3.63) is 30.1 Å². The number of ether oxygens (including phenoxy) is 1. The molecular weight excluding hydrogens is 166 g/mol. The summed E-state index contributed by atoms with van der Waals surface area (Å²) in [4.78, 5) is 14.1. The summed E-state index contributed by atoms with van der Waals surface area (Å²) in [6, 6.07) is 5.80. The molecule has 1 heterocycles. The van der Waals surface area contributed by atoms with Crippen LogP contribution in [0.4, 0.5) is 0 Å². The van der Waals surface area contributed by atoms with E-state index in [1.165, 1.54) is 0 Å². The van der Waals surface area contributed by atoms with E-state index in [4.69, 9.17) is 4.74 Å². The summed E-state index contributed by atoms with van der Waals surface area (Å²) >= 11 is 0. The molecule has 0 aliphatic heterocycles. The van der Waals surface area contributed by atoms with Gasteiger partial charge in [-0.3, -0.25) is 4.98 Å². The van der Waals surface area contributed by atoms with Crippen molar-refractivity contribution in [2.75, 3.05) is 13.2 Å². The number of carbonyl (C=O) groups excluding carboxylic acids is 1. The molecule has 0 fully saturated rings. The topological polar surface area (TPSA) is 39.2 Å². The van der Waals surface area contributed by atoms with Gasteiger partial charge in [0.2, 0.25) is 0 Å². The zero-order valence-electron chi connectivity index (χ0n) is 7.48. The van der Waals surface area contributed by atoms with Crippen molar-refractivity contribution < 1.29 is 9.53 Å². The largest absolute Gasteiger partial charge is 0.381 e. The number of hydrogen-bond donors (Lipinski definition) is 0. The molecule has 1 rings (SSSR count). The number of carbonyl (C=O) groups is 1. The van der Waals surface area contributed by atoms with Crippen LogP contribution in [-0.2, 0) is 16.0 Å². The summed E-state index contributed by atoms with van der Waals surface area (Å²) in [6.07, 6.45) is 3.91. The highest BCUT2D eigenvalue weighted by Crippen LogP contribution is 1.94. The summed E-state index contributed by atoms with van der Waals surface area (Å²) in [6.45, 7) is 1.14. The zero-order valence-corrected chi connectivity index (χ0v) is 7.48. The summed E-state index contributed by atoms with van der Waals surface area (Å²) < 4.78 is 5.21. The lowest BCUT2D eigenvalue weighted by Gasteiger charge is -2.00. The fourth-order valence-electron chi connectivity index (χ4n) is 0.956. The summed E-state index contributed by atoms with van der Waals surface area (Å²) in [5, 5.41) is 0. The minimum absolute atomic E-state index is 0.474. The van der Waals surface area contributed by atoms with Gasteiger partial charge in [-0.1, -0.05) is 6.07 Å². The Balaban J connectivity index is 2.10. The van der Waals surface area contributed by atoms with E-state index in [1.54, 1.807) is 6.20 Å². The fraction of sp³-hybridized carbons (Fsp3) is 0.400. The molecule has 13 heavy (non-hydrogen) atoms. The number of rotatable bonds is 6. The van der Waals surface area contributed by atoms with Crippen LogP contribution in [0.15, 0.2) is 24.4 Å². The molecule has 0 saturated heterocycles. The predicted octanol–water partition coefficient (Wildman–Crippen LogP) is 1.23. The lowest BCUT2D eigenvalue weighted by Crippen LogP contribution is -2.01. The Morgan fingerprint density at radius 3 is 3.00 bits per heavy atom. The van der Waals surface area contributed by atoms with E-state index in [0.717, 1.165) is 18.4 Å². The molecule has 0 saturated carbocycles. The van der Waals surface area contributed by atoms with Gasteiger partial charge in [0.05, 0.1) is 13.2 Å². The van der Waals surface area contributed by atoms with E-state index in [9.17, 15) is 4.79 Å². The van der Waals surface area contributed by atoms with Crippen LogP contribution >= 0.6 is 0 Å². The van der Waals surface area contributed by atoms with Gasteiger partial charge in [-0.15, -0.1) is 0 Å². The van der Waals surface area contributed by atoms with Crippen LogP contribution < -0.4 is 0 Å². The Bertz CT molecular complexity index is 236. The zero-order chi connectivity index (χ0) is 9.36. The second-order valence-electron chi connectivity index (χ2n) is 2.64. The third-order valence-corrected chi connectivity index (χ3v) is 1.61. The average molecular weight is 179 g/mol. The number of nitrogens with zero attached hydrogens (tertiary/aromatic N) is 1. The number of hydrogen-bond acceptors (Lipinski definition) is 3. The van der Waals surface area contributed by atoms with E-state index in [1.807, 2.05) is 18.2 Å². The fourth-order valence-corrected chi connectivity index (χ4v) is 0.956. The van der Waals surface area contributed by atoms with Gasteiger partial charge in [-0.05, 0) is 12.1 Å². The van der Waals surface area contributed by atoms with Crippen molar-refractivity contribution in [1.29, 1.82) is 0 Å². The SMILES string of the molecule is O=CCCOCCc1ccccn1. The lowest BCUT2D eigenvalue weighted by atomic mass is 10.3. The first-order chi connectivity index (χ1) is 6.43. The second kappa shape index (κ2) is 6.31. The van der Waals surface area contributed by atoms with Gasteiger partial charge in [0.25, 0.3) is 0 Å². The number of aromatic nitrogens is 1. The van der Waals surface area contributed by atoms with Crippen LogP contribution in [0.2, 0.25) is 0 Å². The van der Waals surface area contributed by atoms with Gasteiger partial charge in [0.15, 0.2) is 0 Å². The molecule has 0 aliphatic carbocycles. The molecule has 0 spiro atoms. The molecule has 0 amide bonds. The van der Waals surface area contributed by atoms with Crippen LogP contribution in [-0.4, -0.2) is 24.5 Å². The normalized spacial score (nSPS) is 9.85. The lowest BCUT2D eigenvalue weighted by molar-refractivity contribution is -0.108. The maximum atomic E-state index is 9.95. The smallest absolute Gasteiger partial charge is 0.122 e. The standard InChI is InChI=1S/C10H13NO2/c12-7-3-8-13-9-5-10-4-1-2-6-11-10/h1-2,4,6-7H,3,5,8-9H2. The Labute approximate surface area is 77.8 Å². The summed E-state index contributed by atoms with van der Waals surface area (Å²) in [5.74, 6) is 0. The highest BCUT2D eigenvalue weighted by molar-refractivity contribution is 5.49. The monoisotopic (exact) mass is 179 g/mol. The molecule has 3 nitrogen and oxygen atoms in total.